The van der Waals surface area contributed by atoms with Gasteiger partial charge in [0.05, 0.1) is 23.9 Å². The fourth-order valence-electron chi connectivity index (χ4n) is 2.73. The van der Waals surface area contributed by atoms with Gasteiger partial charge in [0.15, 0.2) is 9.84 Å². The van der Waals surface area contributed by atoms with Gasteiger partial charge < -0.3 is 9.84 Å². The number of benzene rings is 1. The Kier molecular flexibility index (Phi) is 6.41. The number of rotatable bonds is 7. The van der Waals surface area contributed by atoms with Gasteiger partial charge in [0.25, 0.3) is 0 Å². The maximum absolute atomic E-state index is 12.4. The fourth-order valence-corrected chi connectivity index (χ4v) is 4.05. The molecule has 0 amide bonds. The highest BCUT2D eigenvalue weighted by atomic mass is 32.2. The lowest BCUT2D eigenvalue weighted by Gasteiger charge is -2.35. The Hall–Kier alpha value is -1.15. The summed E-state index contributed by atoms with van der Waals surface area (Å²) >= 11 is 0. The van der Waals surface area contributed by atoms with Gasteiger partial charge in [0, 0.05) is 39.3 Å². The molecule has 0 unspecified atom stereocenters. The van der Waals surface area contributed by atoms with Gasteiger partial charge in [-0.2, -0.15) is 0 Å². The molecule has 1 fully saturated rings. The molecular weight excluding hydrogens is 316 g/mol. The Morgan fingerprint density at radius 1 is 1.22 bits per heavy atom. The summed E-state index contributed by atoms with van der Waals surface area (Å²) in [6.07, 6.45) is -0.324. The third-order valence-electron chi connectivity index (χ3n) is 4.06. The molecule has 7 heteroatoms. The molecule has 0 aromatic heterocycles. The minimum Gasteiger partial charge on any atom is -0.497 e. The lowest BCUT2D eigenvalue weighted by atomic mass is 10.3. The molecule has 1 aliphatic heterocycles. The molecule has 130 valence electrons. The molecule has 0 radical (unpaired) electrons. The minimum absolute atomic E-state index is 0.108. The van der Waals surface area contributed by atoms with Crippen LogP contribution >= 0.6 is 0 Å². The molecule has 0 saturated carbocycles. The molecule has 1 atom stereocenters. The van der Waals surface area contributed by atoms with Crippen LogP contribution in [0.5, 0.6) is 5.75 Å². The first-order valence-electron chi connectivity index (χ1n) is 7.90. The number of hydrogen-bond donors (Lipinski definition) is 1. The largest absolute Gasteiger partial charge is 0.497 e. The first-order valence-corrected chi connectivity index (χ1v) is 9.55. The zero-order chi connectivity index (χ0) is 16.9. The van der Waals surface area contributed by atoms with Gasteiger partial charge in [0.2, 0.25) is 0 Å². The van der Waals surface area contributed by atoms with Crippen LogP contribution in [0.3, 0.4) is 0 Å². The van der Waals surface area contributed by atoms with Crippen molar-refractivity contribution in [1.29, 1.82) is 0 Å². The van der Waals surface area contributed by atoms with Crippen LogP contribution in [0, 0.1) is 0 Å². The molecule has 1 N–H and O–H groups in total. The molecule has 6 nitrogen and oxygen atoms in total. The number of piperazine rings is 1. The monoisotopic (exact) mass is 342 g/mol. The van der Waals surface area contributed by atoms with Crippen molar-refractivity contribution >= 4 is 9.84 Å². The summed E-state index contributed by atoms with van der Waals surface area (Å²) < 4.78 is 29.9. The van der Waals surface area contributed by atoms with Crippen molar-refractivity contribution in [1.82, 2.24) is 9.80 Å². The van der Waals surface area contributed by atoms with Crippen molar-refractivity contribution in [2.45, 2.75) is 17.9 Å². The number of nitrogens with zero attached hydrogens (tertiary/aromatic N) is 2. The summed E-state index contributed by atoms with van der Waals surface area (Å²) in [5.41, 5.74) is 0. The van der Waals surface area contributed by atoms with Crippen molar-refractivity contribution in [3.05, 3.63) is 24.3 Å². The highest BCUT2D eigenvalue weighted by Gasteiger charge is 2.21. The number of aliphatic hydroxyl groups excluding tert-OH is 1. The van der Waals surface area contributed by atoms with E-state index in [-0.39, 0.29) is 11.9 Å². The van der Waals surface area contributed by atoms with Crippen LogP contribution in [-0.2, 0) is 9.84 Å². The third kappa shape index (κ3) is 5.46. The fraction of sp³-hybridized carbons (Fsp3) is 0.625. The quantitative estimate of drug-likeness (QED) is 0.777. The predicted octanol–water partition coefficient (Wildman–Crippen LogP) is 0.467. The SMILES string of the molecule is COc1cccc(S(=O)(=O)CCN2CCN(C[C@H](C)O)CC2)c1. The summed E-state index contributed by atoms with van der Waals surface area (Å²) in [6.45, 7) is 6.39. The Morgan fingerprint density at radius 3 is 2.48 bits per heavy atom. The van der Waals surface area contributed by atoms with Gasteiger partial charge in [0.1, 0.15) is 5.75 Å². The van der Waals surface area contributed by atoms with Crippen LogP contribution in [0.4, 0.5) is 0 Å². The lowest BCUT2D eigenvalue weighted by Crippen LogP contribution is -2.49. The van der Waals surface area contributed by atoms with E-state index in [1.54, 1.807) is 31.2 Å². The number of sulfone groups is 1. The standard InChI is InChI=1S/C16H26N2O4S/c1-14(19)13-18-8-6-17(7-9-18)10-11-23(20,21)16-5-3-4-15(12-16)22-2/h3-5,12,14,19H,6-11,13H2,1-2H3/t14-/m0/s1. The number of hydrogen-bond acceptors (Lipinski definition) is 6. The molecule has 1 aromatic rings. The number of aliphatic hydroxyl groups is 1. The smallest absolute Gasteiger partial charge is 0.179 e. The summed E-state index contributed by atoms with van der Waals surface area (Å²) in [5.74, 6) is 0.661. The van der Waals surface area contributed by atoms with E-state index in [0.29, 0.717) is 23.7 Å². The average Bonchev–Trinajstić information content (AvgIpc) is 2.54. The summed E-state index contributed by atoms with van der Waals surface area (Å²) in [4.78, 5) is 4.68. The molecular formula is C16H26N2O4S. The van der Waals surface area contributed by atoms with Crippen LogP contribution in [0.2, 0.25) is 0 Å². The van der Waals surface area contributed by atoms with Crippen LogP contribution in [0.15, 0.2) is 29.2 Å². The van der Waals surface area contributed by atoms with E-state index in [4.69, 9.17) is 4.74 Å². The molecule has 1 heterocycles. The Labute approximate surface area is 138 Å². The highest BCUT2D eigenvalue weighted by Crippen LogP contribution is 2.18. The Morgan fingerprint density at radius 2 is 1.87 bits per heavy atom. The zero-order valence-corrected chi connectivity index (χ0v) is 14.6. The minimum atomic E-state index is -3.30. The lowest BCUT2D eigenvalue weighted by molar-refractivity contribution is 0.0832. The number of methoxy groups -OCH3 is 1. The van der Waals surface area contributed by atoms with Gasteiger partial charge in [-0.05, 0) is 25.1 Å². The molecule has 1 aliphatic rings. The van der Waals surface area contributed by atoms with Gasteiger partial charge in [-0.3, -0.25) is 9.80 Å². The topological polar surface area (TPSA) is 70.1 Å². The molecule has 2 rings (SSSR count). The first-order chi connectivity index (χ1) is 10.9. The summed E-state index contributed by atoms with van der Waals surface area (Å²) in [6, 6.07) is 6.61. The van der Waals surface area contributed by atoms with Crippen molar-refractivity contribution in [3.8, 4) is 5.75 Å². The van der Waals surface area contributed by atoms with E-state index in [1.807, 2.05) is 0 Å². The summed E-state index contributed by atoms with van der Waals surface area (Å²) in [5, 5.41) is 9.40. The number of β-amino-alcohol motifs (C(OH)–C–C–N with tert-alkyl or cyclic N) is 1. The van der Waals surface area contributed by atoms with Gasteiger partial charge in [-0.25, -0.2) is 8.42 Å². The molecule has 1 saturated heterocycles. The second kappa shape index (κ2) is 8.10. The Bertz CT molecular complexity index is 596. The average molecular weight is 342 g/mol. The zero-order valence-electron chi connectivity index (χ0n) is 13.8. The highest BCUT2D eigenvalue weighted by molar-refractivity contribution is 7.91. The van der Waals surface area contributed by atoms with E-state index >= 15 is 0 Å². The maximum Gasteiger partial charge on any atom is 0.179 e. The van der Waals surface area contributed by atoms with E-state index < -0.39 is 9.84 Å². The molecule has 1 aromatic carbocycles. The molecule has 0 aliphatic carbocycles. The van der Waals surface area contributed by atoms with Crippen molar-refractivity contribution in [2.75, 3.05) is 52.1 Å². The van der Waals surface area contributed by atoms with Crippen molar-refractivity contribution in [2.24, 2.45) is 0 Å². The predicted molar refractivity (Wildman–Crippen MR) is 89.6 cm³/mol. The van der Waals surface area contributed by atoms with Crippen LogP contribution < -0.4 is 4.74 Å². The second-order valence-electron chi connectivity index (χ2n) is 5.99. The number of ether oxygens (including phenoxy) is 1. The van der Waals surface area contributed by atoms with Crippen molar-refractivity contribution in [3.63, 3.8) is 0 Å². The van der Waals surface area contributed by atoms with Gasteiger partial charge >= 0.3 is 0 Å². The van der Waals surface area contributed by atoms with E-state index in [9.17, 15) is 13.5 Å². The first kappa shape index (κ1) is 18.2. The van der Waals surface area contributed by atoms with E-state index in [2.05, 4.69) is 9.80 Å². The van der Waals surface area contributed by atoms with E-state index in [1.165, 1.54) is 7.11 Å². The Balaban J connectivity index is 1.85. The van der Waals surface area contributed by atoms with Gasteiger partial charge in [-0.1, -0.05) is 6.07 Å². The molecule has 0 bridgehead atoms. The van der Waals surface area contributed by atoms with E-state index in [0.717, 1.165) is 26.2 Å². The molecule has 23 heavy (non-hydrogen) atoms. The third-order valence-corrected chi connectivity index (χ3v) is 5.76. The van der Waals surface area contributed by atoms with Crippen LogP contribution in [0.25, 0.3) is 0 Å². The van der Waals surface area contributed by atoms with Crippen LogP contribution in [0.1, 0.15) is 6.92 Å². The maximum atomic E-state index is 12.4. The summed E-state index contributed by atoms with van der Waals surface area (Å²) in [7, 11) is -1.77. The van der Waals surface area contributed by atoms with Crippen LogP contribution in [-0.4, -0.2) is 81.6 Å². The van der Waals surface area contributed by atoms with Crippen molar-refractivity contribution < 1.29 is 18.3 Å². The normalized spacial score (nSPS) is 18.7. The van der Waals surface area contributed by atoms with Gasteiger partial charge in [-0.15, -0.1) is 0 Å². The second-order valence-corrected chi connectivity index (χ2v) is 8.10. The molecule has 0 spiro atoms.